The normalized spacial score (nSPS) is 26.4. The molecule has 0 aliphatic carbocycles. The highest BCUT2D eigenvalue weighted by Crippen LogP contribution is 2.23. The fourth-order valence-electron chi connectivity index (χ4n) is 1.77. The third kappa shape index (κ3) is 2.87. The lowest BCUT2D eigenvalue weighted by Gasteiger charge is -2.39. The van der Waals surface area contributed by atoms with Gasteiger partial charge in [0, 0.05) is 0 Å². The molecule has 1 N–H and O–H groups in total. The average Bonchev–Trinajstić information content (AvgIpc) is 2.42. The van der Waals surface area contributed by atoms with Gasteiger partial charge in [-0.2, -0.15) is 0 Å². The lowest BCUT2D eigenvalue weighted by molar-refractivity contribution is -0.243. The van der Waals surface area contributed by atoms with Gasteiger partial charge in [-0.25, -0.2) is 4.79 Å². The van der Waals surface area contributed by atoms with Crippen LogP contribution in [0.25, 0.3) is 0 Å². The van der Waals surface area contributed by atoms with E-state index in [4.69, 9.17) is 9.47 Å². The number of ether oxygens (including phenoxy) is 3. The number of hydrogen-bond acceptors (Lipinski definition) is 5. The summed E-state index contributed by atoms with van der Waals surface area (Å²) in [5, 5.41) is 9.66. The van der Waals surface area contributed by atoms with E-state index in [0.717, 1.165) is 5.56 Å². The molecule has 0 amide bonds. The molecule has 0 bridgehead atoms. The first kappa shape index (κ1) is 13.0. The molecule has 18 heavy (non-hydrogen) atoms. The summed E-state index contributed by atoms with van der Waals surface area (Å²) < 4.78 is 15.1. The summed E-state index contributed by atoms with van der Waals surface area (Å²) in [6.07, 6.45) is -2.19. The molecular formula is C13H16O5. The van der Waals surface area contributed by atoms with Gasteiger partial charge >= 0.3 is 5.97 Å². The molecule has 0 saturated carbocycles. The van der Waals surface area contributed by atoms with Crippen LogP contribution in [0, 0.1) is 0 Å². The minimum atomic E-state index is -0.875. The Morgan fingerprint density at radius 3 is 2.72 bits per heavy atom. The molecule has 2 rings (SSSR count). The number of esters is 1. The molecule has 1 aliphatic heterocycles. The van der Waals surface area contributed by atoms with Gasteiger partial charge in [-0.15, -0.1) is 0 Å². The molecule has 0 aromatic heterocycles. The molecule has 1 heterocycles. The van der Waals surface area contributed by atoms with Crippen molar-refractivity contribution in [1.82, 2.24) is 0 Å². The Morgan fingerprint density at radius 2 is 2.11 bits per heavy atom. The Morgan fingerprint density at radius 1 is 1.39 bits per heavy atom. The van der Waals surface area contributed by atoms with Crippen LogP contribution in [-0.2, 0) is 25.6 Å². The number of aliphatic hydroxyl groups excluding tert-OH is 1. The van der Waals surface area contributed by atoms with E-state index in [1.54, 1.807) is 0 Å². The summed E-state index contributed by atoms with van der Waals surface area (Å²) in [5.74, 6) is -0.554. The summed E-state index contributed by atoms with van der Waals surface area (Å²) in [7, 11) is 1.26. The Bertz CT molecular complexity index is 392. The molecule has 1 saturated heterocycles. The third-order valence-electron chi connectivity index (χ3n) is 2.84. The molecule has 0 spiro atoms. The van der Waals surface area contributed by atoms with E-state index < -0.39 is 24.3 Å². The van der Waals surface area contributed by atoms with Gasteiger partial charge < -0.3 is 19.3 Å². The number of carbonyl (C=O) groups is 1. The highest BCUT2D eigenvalue weighted by Gasteiger charge is 2.46. The van der Waals surface area contributed by atoms with Crippen LogP contribution in [-0.4, -0.2) is 43.1 Å². The Hall–Kier alpha value is -1.43. The van der Waals surface area contributed by atoms with Gasteiger partial charge in [-0.3, -0.25) is 0 Å². The summed E-state index contributed by atoms with van der Waals surface area (Å²) in [5.41, 5.74) is 1.05. The van der Waals surface area contributed by atoms with Gasteiger partial charge in [0.15, 0.2) is 6.10 Å². The van der Waals surface area contributed by atoms with E-state index in [-0.39, 0.29) is 6.61 Å². The SMILES string of the molecule is COC(=O)[C@H]1O[C@H](COCc2ccccc2)[C@@H]1O. The number of rotatable bonds is 5. The van der Waals surface area contributed by atoms with Crippen molar-refractivity contribution >= 4 is 5.97 Å². The van der Waals surface area contributed by atoms with E-state index in [1.807, 2.05) is 30.3 Å². The van der Waals surface area contributed by atoms with Crippen LogP contribution in [0.2, 0.25) is 0 Å². The van der Waals surface area contributed by atoms with Crippen LogP contribution in [0.4, 0.5) is 0 Å². The summed E-state index contributed by atoms with van der Waals surface area (Å²) >= 11 is 0. The first-order valence-corrected chi connectivity index (χ1v) is 5.75. The molecule has 1 fully saturated rings. The number of hydrogen-bond donors (Lipinski definition) is 1. The summed E-state index contributed by atoms with van der Waals surface area (Å²) in [6.45, 7) is 0.708. The van der Waals surface area contributed by atoms with E-state index in [1.165, 1.54) is 7.11 Å². The van der Waals surface area contributed by atoms with Crippen LogP contribution in [0.5, 0.6) is 0 Å². The molecule has 1 aromatic carbocycles. The van der Waals surface area contributed by atoms with Crippen LogP contribution in [0.1, 0.15) is 5.56 Å². The topological polar surface area (TPSA) is 65.0 Å². The zero-order valence-corrected chi connectivity index (χ0v) is 10.1. The summed E-state index contributed by atoms with van der Waals surface area (Å²) in [6, 6.07) is 9.70. The van der Waals surface area contributed by atoms with Crippen molar-refractivity contribution in [2.24, 2.45) is 0 Å². The van der Waals surface area contributed by atoms with E-state index >= 15 is 0 Å². The highest BCUT2D eigenvalue weighted by molar-refractivity contribution is 5.76. The molecule has 1 aliphatic rings. The van der Waals surface area contributed by atoms with Crippen molar-refractivity contribution in [3.05, 3.63) is 35.9 Å². The van der Waals surface area contributed by atoms with Crippen LogP contribution < -0.4 is 0 Å². The molecule has 5 nitrogen and oxygen atoms in total. The molecular weight excluding hydrogens is 236 g/mol. The molecule has 0 radical (unpaired) electrons. The molecule has 3 atom stereocenters. The first-order valence-electron chi connectivity index (χ1n) is 5.75. The minimum Gasteiger partial charge on any atom is -0.467 e. The third-order valence-corrected chi connectivity index (χ3v) is 2.84. The second-order valence-corrected chi connectivity index (χ2v) is 4.11. The van der Waals surface area contributed by atoms with Crippen molar-refractivity contribution in [3.63, 3.8) is 0 Å². The highest BCUT2D eigenvalue weighted by atomic mass is 16.6. The van der Waals surface area contributed by atoms with Crippen LogP contribution in [0.15, 0.2) is 30.3 Å². The molecule has 5 heteroatoms. The van der Waals surface area contributed by atoms with Crippen LogP contribution >= 0.6 is 0 Å². The standard InChI is InChI=1S/C13H16O5/c1-16-13(15)12-11(14)10(18-12)8-17-7-9-5-3-2-4-6-9/h2-6,10-12,14H,7-8H2,1H3/t10-,11+,12+/m1/s1. The largest absolute Gasteiger partial charge is 0.467 e. The Labute approximate surface area is 105 Å². The van der Waals surface area contributed by atoms with Crippen molar-refractivity contribution in [2.45, 2.75) is 24.9 Å². The fourth-order valence-corrected chi connectivity index (χ4v) is 1.77. The number of benzene rings is 1. The van der Waals surface area contributed by atoms with Gasteiger partial charge in [-0.1, -0.05) is 30.3 Å². The Kier molecular flexibility index (Phi) is 4.30. The fraction of sp³-hybridized carbons (Fsp3) is 0.462. The monoisotopic (exact) mass is 252 g/mol. The van der Waals surface area contributed by atoms with Crippen molar-refractivity contribution in [2.75, 3.05) is 13.7 Å². The lowest BCUT2D eigenvalue weighted by atomic mass is 10.0. The maximum absolute atomic E-state index is 11.1. The quantitative estimate of drug-likeness (QED) is 0.773. The number of aliphatic hydroxyl groups is 1. The van der Waals surface area contributed by atoms with E-state index in [2.05, 4.69) is 4.74 Å². The lowest BCUT2D eigenvalue weighted by Crippen LogP contribution is -2.59. The van der Waals surface area contributed by atoms with E-state index in [9.17, 15) is 9.90 Å². The van der Waals surface area contributed by atoms with Crippen molar-refractivity contribution in [3.8, 4) is 0 Å². The van der Waals surface area contributed by atoms with Gasteiger partial charge in [0.05, 0.1) is 20.3 Å². The van der Waals surface area contributed by atoms with Gasteiger partial charge in [-0.05, 0) is 5.56 Å². The minimum absolute atomic E-state index is 0.254. The average molecular weight is 252 g/mol. The molecule has 1 aromatic rings. The predicted molar refractivity (Wildman–Crippen MR) is 62.8 cm³/mol. The summed E-state index contributed by atoms with van der Waals surface area (Å²) in [4.78, 5) is 11.1. The van der Waals surface area contributed by atoms with Crippen molar-refractivity contribution < 1.29 is 24.1 Å². The van der Waals surface area contributed by atoms with Crippen LogP contribution in [0.3, 0.4) is 0 Å². The number of methoxy groups -OCH3 is 1. The smallest absolute Gasteiger partial charge is 0.337 e. The molecule has 98 valence electrons. The van der Waals surface area contributed by atoms with E-state index in [0.29, 0.717) is 6.61 Å². The first-order chi connectivity index (χ1) is 8.72. The Balaban J connectivity index is 1.69. The zero-order chi connectivity index (χ0) is 13.0. The second kappa shape index (κ2) is 5.95. The van der Waals surface area contributed by atoms with Gasteiger partial charge in [0.2, 0.25) is 0 Å². The van der Waals surface area contributed by atoms with Gasteiger partial charge in [0.25, 0.3) is 0 Å². The number of carbonyl (C=O) groups excluding carboxylic acids is 1. The predicted octanol–water partition coefficient (Wildman–Crippen LogP) is 0.504. The maximum Gasteiger partial charge on any atom is 0.337 e. The van der Waals surface area contributed by atoms with Crippen molar-refractivity contribution in [1.29, 1.82) is 0 Å². The second-order valence-electron chi connectivity index (χ2n) is 4.11. The molecule has 0 unspecified atom stereocenters. The maximum atomic E-state index is 11.1. The zero-order valence-electron chi connectivity index (χ0n) is 10.1. The van der Waals surface area contributed by atoms with Gasteiger partial charge in [0.1, 0.15) is 12.2 Å².